The van der Waals surface area contributed by atoms with E-state index in [1.165, 1.54) is 44.2 Å². The summed E-state index contributed by atoms with van der Waals surface area (Å²) in [5, 5.41) is 9.31. The third-order valence-corrected chi connectivity index (χ3v) is 5.82. The summed E-state index contributed by atoms with van der Waals surface area (Å²) in [5.41, 5.74) is 1.60. The number of ether oxygens (including phenoxy) is 4. The summed E-state index contributed by atoms with van der Waals surface area (Å²) in [6, 6.07) is 12.0. The summed E-state index contributed by atoms with van der Waals surface area (Å²) < 4.78 is 34.5. The van der Waals surface area contributed by atoms with Crippen molar-refractivity contribution in [2.45, 2.75) is 63.9 Å². The summed E-state index contributed by atoms with van der Waals surface area (Å²) in [5.74, 6) is -0.152. The molecule has 1 aliphatic heterocycles. The highest BCUT2D eigenvalue weighted by Gasteiger charge is 2.20. The van der Waals surface area contributed by atoms with Crippen LogP contribution in [0.3, 0.4) is 0 Å². The van der Waals surface area contributed by atoms with Crippen LogP contribution in [-0.4, -0.2) is 43.8 Å². The summed E-state index contributed by atoms with van der Waals surface area (Å²) in [7, 11) is 0. The molecule has 1 saturated heterocycles. The number of cyclic esters (lactones) is 2. The van der Waals surface area contributed by atoms with Crippen molar-refractivity contribution < 1.29 is 33.2 Å². The standard InChI is InChI=1S/C27H35FO6/c28-25-18-22(12-15-26(25)29)21-10-13-23(14-11-21)31-16-8-6-4-2-1-3-5-7-9-17-32-24-19-33-27(30)34-20-24/h10-15,18,24,29H,1-9,16-17,19-20H2. The number of benzene rings is 2. The molecule has 0 atom stereocenters. The molecule has 0 saturated carbocycles. The van der Waals surface area contributed by atoms with Gasteiger partial charge in [0, 0.05) is 6.61 Å². The van der Waals surface area contributed by atoms with Gasteiger partial charge in [0.1, 0.15) is 25.1 Å². The third kappa shape index (κ3) is 9.21. The quantitative estimate of drug-likeness (QED) is 0.230. The van der Waals surface area contributed by atoms with Crippen LogP contribution >= 0.6 is 0 Å². The smallest absolute Gasteiger partial charge is 0.505 e. The van der Waals surface area contributed by atoms with E-state index in [1.807, 2.05) is 24.3 Å². The van der Waals surface area contributed by atoms with Crippen LogP contribution in [0, 0.1) is 5.82 Å². The minimum atomic E-state index is -0.621. The van der Waals surface area contributed by atoms with Crippen LogP contribution in [-0.2, 0) is 14.2 Å². The number of hydrogen-bond donors (Lipinski definition) is 1. The summed E-state index contributed by atoms with van der Waals surface area (Å²) >= 11 is 0. The molecule has 1 N–H and O–H groups in total. The Kier molecular flexibility index (Phi) is 11.0. The maximum Gasteiger partial charge on any atom is 0.508 e. The highest BCUT2D eigenvalue weighted by Crippen LogP contribution is 2.26. The van der Waals surface area contributed by atoms with E-state index in [9.17, 15) is 14.3 Å². The van der Waals surface area contributed by atoms with E-state index in [0.717, 1.165) is 42.6 Å². The first-order valence-corrected chi connectivity index (χ1v) is 12.2. The van der Waals surface area contributed by atoms with Gasteiger partial charge in [-0.1, -0.05) is 63.1 Å². The van der Waals surface area contributed by atoms with Crippen LogP contribution < -0.4 is 4.74 Å². The molecule has 0 aromatic heterocycles. The first-order valence-electron chi connectivity index (χ1n) is 12.2. The maximum atomic E-state index is 13.5. The van der Waals surface area contributed by atoms with Crippen molar-refractivity contribution >= 4 is 6.16 Å². The first kappa shape index (κ1) is 25.8. The predicted molar refractivity (Wildman–Crippen MR) is 128 cm³/mol. The van der Waals surface area contributed by atoms with Gasteiger partial charge in [0.05, 0.1) is 6.61 Å². The molecule has 0 bridgehead atoms. The Bertz CT molecular complexity index is 860. The fourth-order valence-corrected chi connectivity index (χ4v) is 3.82. The molecule has 34 heavy (non-hydrogen) atoms. The molecule has 0 unspecified atom stereocenters. The lowest BCUT2D eigenvalue weighted by Gasteiger charge is -2.21. The predicted octanol–water partition coefficient (Wildman–Crippen LogP) is 6.64. The topological polar surface area (TPSA) is 74.2 Å². The zero-order chi connectivity index (χ0) is 24.0. The van der Waals surface area contributed by atoms with Gasteiger partial charge in [0.15, 0.2) is 11.6 Å². The molecule has 186 valence electrons. The lowest BCUT2D eigenvalue weighted by atomic mass is 10.1. The molecule has 6 nitrogen and oxygen atoms in total. The van der Waals surface area contributed by atoms with Gasteiger partial charge < -0.3 is 24.1 Å². The van der Waals surface area contributed by atoms with Crippen molar-refractivity contribution in [2.75, 3.05) is 26.4 Å². The molecule has 0 aliphatic carbocycles. The SMILES string of the molecule is O=C1OCC(OCCCCCCCCCCCOc2ccc(-c3ccc(O)c(F)c3)cc2)CO1. The van der Waals surface area contributed by atoms with Gasteiger partial charge in [-0.3, -0.25) is 0 Å². The molecule has 1 heterocycles. The van der Waals surface area contributed by atoms with Crippen molar-refractivity contribution in [1.29, 1.82) is 0 Å². The molecule has 2 aromatic rings. The number of carbonyl (C=O) groups excluding carboxylic acids is 1. The molecule has 0 amide bonds. The van der Waals surface area contributed by atoms with Gasteiger partial charge in [0.25, 0.3) is 0 Å². The fourth-order valence-electron chi connectivity index (χ4n) is 3.82. The number of hydrogen-bond acceptors (Lipinski definition) is 6. The highest BCUT2D eigenvalue weighted by atomic mass is 19.1. The van der Waals surface area contributed by atoms with Crippen LogP contribution in [0.25, 0.3) is 11.1 Å². The lowest BCUT2D eigenvalue weighted by Crippen LogP contribution is -2.34. The summed E-state index contributed by atoms with van der Waals surface area (Å²) in [4.78, 5) is 10.8. The fraction of sp³-hybridized carbons (Fsp3) is 0.519. The number of phenolic OH excluding ortho intramolecular Hbond substituents is 1. The average molecular weight is 475 g/mol. The Labute approximate surface area is 201 Å². The van der Waals surface area contributed by atoms with Crippen molar-refractivity contribution in [3.63, 3.8) is 0 Å². The van der Waals surface area contributed by atoms with Gasteiger partial charge in [-0.15, -0.1) is 0 Å². The molecule has 1 aliphatic rings. The second-order valence-electron chi connectivity index (χ2n) is 8.59. The molecule has 1 fully saturated rings. The number of rotatable bonds is 15. The third-order valence-electron chi connectivity index (χ3n) is 5.82. The summed E-state index contributed by atoms with van der Waals surface area (Å²) in [6.07, 6.45) is 9.82. The highest BCUT2D eigenvalue weighted by molar-refractivity contribution is 5.65. The Morgan fingerprint density at radius 2 is 1.35 bits per heavy atom. The molecule has 2 aromatic carbocycles. The van der Waals surface area contributed by atoms with Crippen molar-refractivity contribution in [3.8, 4) is 22.6 Å². The van der Waals surface area contributed by atoms with Crippen LogP contribution in [0.5, 0.6) is 11.5 Å². The average Bonchev–Trinajstić information content (AvgIpc) is 2.85. The molecule has 7 heteroatoms. The minimum Gasteiger partial charge on any atom is -0.505 e. The van der Waals surface area contributed by atoms with Gasteiger partial charge >= 0.3 is 6.16 Å². The number of halogens is 1. The van der Waals surface area contributed by atoms with E-state index >= 15 is 0 Å². The Morgan fingerprint density at radius 1 is 0.794 bits per heavy atom. The molecule has 0 spiro atoms. The minimum absolute atomic E-state index is 0.127. The van der Waals surface area contributed by atoms with Gasteiger partial charge in [-0.2, -0.15) is 0 Å². The zero-order valence-corrected chi connectivity index (χ0v) is 19.7. The van der Waals surface area contributed by atoms with E-state index < -0.39 is 12.0 Å². The van der Waals surface area contributed by atoms with Crippen molar-refractivity contribution in [1.82, 2.24) is 0 Å². The number of carbonyl (C=O) groups is 1. The van der Waals surface area contributed by atoms with Crippen molar-refractivity contribution in [3.05, 3.63) is 48.3 Å². The van der Waals surface area contributed by atoms with Crippen LogP contribution in [0.4, 0.5) is 9.18 Å². The van der Waals surface area contributed by atoms with Crippen LogP contribution in [0.1, 0.15) is 57.8 Å². The Morgan fingerprint density at radius 3 is 1.97 bits per heavy atom. The second kappa shape index (κ2) is 14.5. The van der Waals surface area contributed by atoms with Crippen LogP contribution in [0.2, 0.25) is 0 Å². The van der Waals surface area contributed by atoms with E-state index in [0.29, 0.717) is 26.4 Å². The largest absolute Gasteiger partial charge is 0.508 e. The Hall–Kier alpha value is -2.80. The normalized spacial score (nSPS) is 14.0. The Balaban J connectivity index is 1.13. The van der Waals surface area contributed by atoms with Gasteiger partial charge in [-0.05, 0) is 48.2 Å². The monoisotopic (exact) mass is 474 g/mol. The second-order valence-corrected chi connectivity index (χ2v) is 8.59. The number of aromatic hydroxyl groups is 1. The summed E-state index contributed by atoms with van der Waals surface area (Å²) in [6.45, 7) is 1.96. The number of phenols is 1. The first-order chi connectivity index (χ1) is 16.6. The van der Waals surface area contributed by atoms with E-state index in [-0.39, 0.29) is 11.9 Å². The lowest BCUT2D eigenvalue weighted by molar-refractivity contribution is -0.0837. The van der Waals surface area contributed by atoms with E-state index in [1.54, 1.807) is 6.07 Å². The van der Waals surface area contributed by atoms with Crippen molar-refractivity contribution in [2.24, 2.45) is 0 Å². The van der Waals surface area contributed by atoms with Gasteiger partial charge in [0.2, 0.25) is 0 Å². The van der Waals surface area contributed by atoms with E-state index in [4.69, 9.17) is 18.9 Å². The van der Waals surface area contributed by atoms with E-state index in [2.05, 4.69) is 0 Å². The molecule has 0 radical (unpaired) electrons. The molecular weight excluding hydrogens is 439 g/mol. The molecular formula is C27H35FO6. The zero-order valence-electron chi connectivity index (χ0n) is 19.7. The molecule has 3 rings (SSSR count). The number of unbranched alkanes of at least 4 members (excludes halogenated alkanes) is 8. The maximum absolute atomic E-state index is 13.5. The van der Waals surface area contributed by atoms with Gasteiger partial charge in [-0.25, -0.2) is 9.18 Å². The van der Waals surface area contributed by atoms with Crippen LogP contribution in [0.15, 0.2) is 42.5 Å².